The molecule has 1 aromatic carbocycles. The number of benzene rings is 1. The van der Waals surface area contributed by atoms with E-state index >= 15 is 0 Å². The molecule has 0 heterocycles. The molecule has 0 aliphatic heterocycles. The number of hydrogen-bond donors (Lipinski definition) is 1. The smallest absolute Gasteiger partial charge is 0.222 e. The van der Waals surface area contributed by atoms with Crippen LogP contribution in [0.3, 0.4) is 0 Å². The van der Waals surface area contributed by atoms with Crippen LogP contribution >= 0.6 is 0 Å². The molecule has 4 nitrogen and oxygen atoms in total. The first-order valence-electron chi connectivity index (χ1n) is 7.53. The van der Waals surface area contributed by atoms with E-state index < -0.39 is 0 Å². The van der Waals surface area contributed by atoms with Crippen LogP contribution in [0.5, 0.6) is 0 Å². The second-order valence-electron chi connectivity index (χ2n) is 5.45. The van der Waals surface area contributed by atoms with E-state index in [4.69, 9.17) is 11.0 Å². The molecule has 21 heavy (non-hydrogen) atoms. The molecule has 0 fully saturated rings. The van der Waals surface area contributed by atoms with Crippen LogP contribution in [0.4, 0.5) is 0 Å². The molecule has 0 aliphatic carbocycles. The van der Waals surface area contributed by atoms with Crippen molar-refractivity contribution in [2.75, 3.05) is 13.6 Å². The van der Waals surface area contributed by atoms with Crippen molar-refractivity contribution in [1.82, 2.24) is 4.90 Å². The van der Waals surface area contributed by atoms with Gasteiger partial charge in [-0.1, -0.05) is 25.5 Å². The Bertz CT molecular complexity index is 476. The Morgan fingerprint density at radius 1 is 1.33 bits per heavy atom. The zero-order chi connectivity index (χ0) is 15.7. The first kappa shape index (κ1) is 17.2. The van der Waals surface area contributed by atoms with Crippen molar-refractivity contribution in [2.45, 2.75) is 39.2 Å². The average Bonchev–Trinajstić information content (AvgIpc) is 2.51. The summed E-state index contributed by atoms with van der Waals surface area (Å²) in [6.45, 7) is 3.41. The maximum absolute atomic E-state index is 12.1. The van der Waals surface area contributed by atoms with Gasteiger partial charge < -0.3 is 10.6 Å². The number of rotatable bonds is 8. The molecule has 1 amide bonds. The summed E-state index contributed by atoms with van der Waals surface area (Å²) >= 11 is 0. The molecule has 4 heteroatoms. The molecular formula is C17H25N3O. The lowest BCUT2D eigenvalue weighted by atomic mass is 9.96. The topological polar surface area (TPSA) is 70.1 Å². The molecule has 114 valence electrons. The van der Waals surface area contributed by atoms with E-state index in [1.165, 1.54) is 0 Å². The van der Waals surface area contributed by atoms with Gasteiger partial charge in [-0.3, -0.25) is 4.79 Å². The summed E-state index contributed by atoms with van der Waals surface area (Å²) in [7, 11) is 1.82. The van der Waals surface area contributed by atoms with Crippen LogP contribution in [0.2, 0.25) is 0 Å². The molecule has 2 N–H and O–H groups in total. The minimum Gasteiger partial charge on any atom is -0.341 e. The number of nitrogens with zero attached hydrogens (tertiary/aromatic N) is 2. The molecule has 0 bridgehead atoms. The Labute approximate surface area is 127 Å². The quantitative estimate of drug-likeness (QED) is 0.799. The third-order valence-corrected chi connectivity index (χ3v) is 3.85. The van der Waals surface area contributed by atoms with Crippen LogP contribution in [-0.2, 0) is 11.3 Å². The number of amides is 1. The lowest BCUT2D eigenvalue weighted by Crippen LogP contribution is -2.26. The molecule has 0 saturated heterocycles. The molecular weight excluding hydrogens is 262 g/mol. The van der Waals surface area contributed by atoms with Gasteiger partial charge in [-0.2, -0.15) is 5.26 Å². The van der Waals surface area contributed by atoms with E-state index in [2.05, 4.69) is 13.0 Å². The van der Waals surface area contributed by atoms with Gasteiger partial charge >= 0.3 is 0 Å². The second kappa shape index (κ2) is 9.15. The third-order valence-electron chi connectivity index (χ3n) is 3.85. The van der Waals surface area contributed by atoms with Crippen molar-refractivity contribution < 1.29 is 4.79 Å². The highest BCUT2D eigenvalue weighted by Crippen LogP contribution is 2.16. The van der Waals surface area contributed by atoms with Gasteiger partial charge in [-0.15, -0.1) is 0 Å². The minimum atomic E-state index is 0.162. The Balaban J connectivity index is 2.44. The van der Waals surface area contributed by atoms with Crippen LogP contribution in [0.25, 0.3) is 0 Å². The van der Waals surface area contributed by atoms with Crippen molar-refractivity contribution in [2.24, 2.45) is 11.7 Å². The Morgan fingerprint density at radius 3 is 2.52 bits per heavy atom. The summed E-state index contributed by atoms with van der Waals surface area (Å²) in [5, 5.41) is 8.76. The summed E-state index contributed by atoms with van der Waals surface area (Å²) in [4.78, 5) is 13.9. The van der Waals surface area contributed by atoms with Crippen LogP contribution in [0.1, 0.15) is 43.7 Å². The first-order valence-corrected chi connectivity index (χ1v) is 7.53. The maximum Gasteiger partial charge on any atom is 0.222 e. The summed E-state index contributed by atoms with van der Waals surface area (Å²) < 4.78 is 0. The van der Waals surface area contributed by atoms with E-state index in [9.17, 15) is 4.79 Å². The minimum absolute atomic E-state index is 0.162. The van der Waals surface area contributed by atoms with E-state index in [-0.39, 0.29) is 5.91 Å². The van der Waals surface area contributed by atoms with E-state index in [1.807, 2.05) is 19.2 Å². The van der Waals surface area contributed by atoms with Crippen molar-refractivity contribution in [3.05, 3.63) is 35.4 Å². The highest BCUT2D eigenvalue weighted by atomic mass is 16.2. The zero-order valence-corrected chi connectivity index (χ0v) is 13.0. The van der Waals surface area contributed by atoms with Crippen LogP contribution in [0.15, 0.2) is 24.3 Å². The summed E-state index contributed by atoms with van der Waals surface area (Å²) in [5.74, 6) is 0.706. The van der Waals surface area contributed by atoms with Crippen molar-refractivity contribution >= 4 is 5.91 Å². The highest BCUT2D eigenvalue weighted by Gasteiger charge is 2.12. The molecule has 1 atom stereocenters. The largest absolute Gasteiger partial charge is 0.341 e. The van der Waals surface area contributed by atoms with E-state index in [1.54, 1.807) is 17.0 Å². The van der Waals surface area contributed by atoms with Gasteiger partial charge in [0.05, 0.1) is 11.6 Å². The summed E-state index contributed by atoms with van der Waals surface area (Å²) in [6.07, 6.45) is 3.54. The number of carbonyl (C=O) groups excluding carboxylic acids is 1. The lowest BCUT2D eigenvalue weighted by molar-refractivity contribution is -0.130. The number of carbonyl (C=O) groups is 1. The van der Waals surface area contributed by atoms with Gasteiger partial charge in [0.1, 0.15) is 0 Å². The third kappa shape index (κ3) is 5.97. The SMILES string of the molecule is CCC(CCN)CCC(=O)N(C)Cc1ccc(C#N)cc1. The van der Waals surface area contributed by atoms with Gasteiger partial charge in [0.25, 0.3) is 0 Å². The van der Waals surface area contributed by atoms with Crippen LogP contribution < -0.4 is 5.73 Å². The fraction of sp³-hybridized carbons (Fsp3) is 0.529. The Morgan fingerprint density at radius 2 is 2.00 bits per heavy atom. The number of nitrogens with two attached hydrogens (primary N) is 1. The Hall–Kier alpha value is -1.86. The molecule has 0 aromatic heterocycles. The molecule has 0 radical (unpaired) electrons. The maximum atomic E-state index is 12.1. The summed E-state index contributed by atoms with van der Waals surface area (Å²) in [6, 6.07) is 9.44. The van der Waals surface area contributed by atoms with Gasteiger partial charge in [0.2, 0.25) is 5.91 Å². The molecule has 0 saturated carbocycles. The molecule has 1 rings (SSSR count). The number of hydrogen-bond acceptors (Lipinski definition) is 3. The standard InChI is InChI=1S/C17H25N3O/c1-3-14(10-11-18)8-9-17(21)20(2)13-16-6-4-15(12-19)5-7-16/h4-7,14H,3,8-11,13,18H2,1-2H3. The predicted octanol–water partition coefficient (Wildman–Crippen LogP) is 2.67. The molecule has 1 unspecified atom stereocenters. The van der Waals surface area contributed by atoms with Gasteiger partial charge in [-0.05, 0) is 43.0 Å². The number of nitriles is 1. The van der Waals surface area contributed by atoms with Gasteiger partial charge in [0.15, 0.2) is 0 Å². The van der Waals surface area contributed by atoms with Crippen molar-refractivity contribution in [3.8, 4) is 6.07 Å². The van der Waals surface area contributed by atoms with Gasteiger partial charge in [-0.25, -0.2) is 0 Å². The van der Waals surface area contributed by atoms with Crippen LogP contribution in [-0.4, -0.2) is 24.4 Å². The molecule has 0 spiro atoms. The molecule has 1 aromatic rings. The Kier molecular flexibility index (Phi) is 7.49. The van der Waals surface area contributed by atoms with Crippen molar-refractivity contribution in [1.29, 1.82) is 5.26 Å². The van der Waals surface area contributed by atoms with E-state index in [0.717, 1.165) is 24.8 Å². The second-order valence-corrected chi connectivity index (χ2v) is 5.45. The first-order chi connectivity index (χ1) is 10.1. The zero-order valence-electron chi connectivity index (χ0n) is 13.0. The summed E-state index contributed by atoms with van der Waals surface area (Å²) in [5.41, 5.74) is 7.26. The molecule has 0 aliphatic rings. The van der Waals surface area contributed by atoms with E-state index in [0.29, 0.717) is 31.0 Å². The average molecular weight is 287 g/mol. The predicted molar refractivity (Wildman–Crippen MR) is 84.3 cm³/mol. The normalized spacial score (nSPS) is 11.7. The van der Waals surface area contributed by atoms with Crippen molar-refractivity contribution in [3.63, 3.8) is 0 Å². The lowest BCUT2D eigenvalue weighted by Gasteiger charge is -2.19. The fourth-order valence-corrected chi connectivity index (χ4v) is 2.35. The van der Waals surface area contributed by atoms with Crippen LogP contribution in [0, 0.1) is 17.2 Å². The van der Waals surface area contributed by atoms with Gasteiger partial charge in [0, 0.05) is 20.0 Å². The monoisotopic (exact) mass is 287 g/mol. The fourth-order valence-electron chi connectivity index (χ4n) is 2.35. The highest BCUT2D eigenvalue weighted by molar-refractivity contribution is 5.75.